The summed E-state index contributed by atoms with van der Waals surface area (Å²) in [6, 6.07) is 8.28. The predicted octanol–water partition coefficient (Wildman–Crippen LogP) is 2.89. The third-order valence-corrected chi connectivity index (χ3v) is 1.70. The number of hydrogen-bond acceptors (Lipinski definition) is 1. The van der Waals surface area contributed by atoms with Crippen molar-refractivity contribution in [1.82, 2.24) is 0 Å². The lowest BCUT2D eigenvalue weighted by Gasteiger charge is -1.87. The van der Waals surface area contributed by atoms with Crippen LogP contribution >= 0.6 is 11.6 Å². The molecule has 0 saturated heterocycles. The van der Waals surface area contributed by atoms with Gasteiger partial charge in [-0.2, -0.15) is 0 Å². The normalized spacial score (nSPS) is 10.5. The second-order valence-corrected chi connectivity index (χ2v) is 2.40. The number of fused-ring (bicyclic) bond motifs is 1. The number of furan rings is 1. The molecular formula is C8H4ClO. The fraction of sp³-hybridized carbons (Fsp3) is 0. The molecule has 1 radical (unpaired) electrons. The Kier molecular flexibility index (Phi) is 1.18. The van der Waals surface area contributed by atoms with E-state index >= 15 is 0 Å². The topological polar surface area (TPSA) is 13.1 Å². The van der Waals surface area contributed by atoms with Gasteiger partial charge >= 0.3 is 0 Å². The Morgan fingerprint density at radius 2 is 2.30 bits per heavy atom. The van der Waals surface area contributed by atoms with Crippen molar-refractivity contribution >= 4 is 22.6 Å². The van der Waals surface area contributed by atoms with E-state index in [-0.39, 0.29) is 0 Å². The molecule has 49 valence electrons. The molecule has 2 rings (SSSR count). The van der Waals surface area contributed by atoms with Crippen LogP contribution in [-0.4, -0.2) is 0 Å². The molecule has 0 saturated carbocycles. The van der Waals surface area contributed by atoms with Gasteiger partial charge in [0, 0.05) is 11.5 Å². The third-order valence-electron chi connectivity index (χ3n) is 1.37. The van der Waals surface area contributed by atoms with E-state index in [9.17, 15) is 0 Å². The Hall–Kier alpha value is -0.950. The molecule has 10 heavy (non-hydrogen) atoms. The van der Waals surface area contributed by atoms with Gasteiger partial charge in [-0.1, -0.05) is 11.6 Å². The highest BCUT2D eigenvalue weighted by atomic mass is 35.5. The Bertz CT molecular complexity index is 351. The standard InChI is InChI=1S/C8H4ClO/c9-7-2-1-3-8-6(7)4-5-10-8/h1-2,4-5H. The first-order valence-corrected chi connectivity index (χ1v) is 3.29. The Balaban J connectivity index is 2.95. The SMILES string of the molecule is Clc1cc[c]c2occc12. The van der Waals surface area contributed by atoms with Gasteiger partial charge in [0.25, 0.3) is 0 Å². The highest BCUT2D eigenvalue weighted by Gasteiger charge is 1.98. The highest BCUT2D eigenvalue weighted by molar-refractivity contribution is 6.35. The molecule has 0 bridgehead atoms. The summed E-state index contributed by atoms with van der Waals surface area (Å²) in [7, 11) is 0. The molecule has 0 aliphatic rings. The van der Waals surface area contributed by atoms with E-state index in [1.165, 1.54) is 0 Å². The Morgan fingerprint density at radius 3 is 3.10 bits per heavy atom. The summed E-state index contributed by atoms with van der Waals surface area (Å²) in [4.78, 5) is 0. The van der Waals surface area contributed by atoms with E-state index in [0.29, 0.717) is 10.6 Å². The molecule has 0 N–H and O–H groups in total. The zero-order chi connectivity index (χ0) is 6.97. The number of hydrogen-bond donors (Lipinski definition) is 0. The van der Waals surface area contributed by atoms with Crippen LogP contribution in [0.15, 0.2) is 28.9 Å². The van der Waals surface area contributed by atoms with Crippen LogP contribution in [0.3, 0.4) is 0 Å². The minimum Gasteiger partial charge on any atom is -0.464 e. The molecule has 0 aliphatic carbocycles. The van der Waals surface area contributed by atoms with Crippen LogP contribution in [0.5, 0.6) is 0 Å². The van der Waals surface area contributed by atoms with E-state index < -0.39 is 0 Å². The summed E-state index contributed by atoms with van der Waals surface area (Å²) in [6.07, 6.45) is 1.60. The van der Waals surface area contributed by atoms with Gasteiger partial charge in [-0.05, 0) is 18.2 Å². The first kappa shape index (κ1) is 5.81. The van der Waals surface area contributed by atoms with Gasteiger partial charge in [0.05, 0.1) is 11.3 Å². The molecule has 1 aromatic heterocycles. The van der Waals surface area contributed by atoms with Crippen LogP contribution in [0.1, 0.15) is 0 Å². The summed E-state index contributed by atoms with van der Waals surface area (Å²) in [5, 5.41) is 1.63. The van der Waals surface area contributed by atoms with Crippen LogP contribution in [-0.2, 0) is 0 Å². The lowest BCUT2D eigenvalue weighted by atomic mass is 10.3. The van der Waals surface area contributed by atoms with E-state index in [1.807, 2.05) is 6.07 Å². The molecule has 2 heteroatoms. The van der Waals surface area contributed by atoms with Crippen molar-refractivity contribution in [3.05, 3.63) is 35.6 Å². The minimum absolute atomic E-state index is 0.711. The maximum Gasteiger partial charge on any atom is 0.143 e. The minimum atomic E-state index is 0.711. The molecule has 1 aromatic carbocycles. The van der Waals surface area contributed by atoms with Crippen LogP contribution in [0, 0.1) is 6.07 Å². The summed E-state index contributed by atoms with van der Waals surface area (Å²) in [5.41, 5.74) is 0.715. The molecule has 0 fully saturated rings. The zero-order valence-electron chi connectivity index (χ0n) is 5.10. The van der Waals surface area contributed by atoms with E-state index in [1.54, 1.807) is 18.4 Å². The van der Waals surface area contributed by atoms with Gasteiger partial charge in [-0.25, -0.2) is 0 Å². The van der Waals surface area contributed by atoms with Crippen LogP contribution in [0.25, 0.3) is 11.0 Å². The smallest absolute Gasteiger partial charge is 0.143 e. The van der Waals surface area contributed by atoms with Crippen molar-refractivity contribution in [3.63, 3.8) is 0 Å². The van der Waals surface area contributed by atoms with Crippen LogP contribution in [0.4, 0.5) is 0 Å². The zero-order valence-corrected chi connectivity index (χ0v) is 5.85. The Labute approximate surface area is 63.2 Å². The van der Waals surface area contributed by atoms with Crippen LogP contribution < -0.4 is 0 Å². The van der Waals surface area contributed by atoms with Gasteiger partial charge in [0.2, 0.25) is 0 Å². The molecule has 1 heterocycles. The van der Waals surface area contributed by atoms with Gasteiger partial charge in [0.1, 0.15) is 5.58 Å². The quantitative estimate of drug-likeness (QED) is 0.564. The van der Waals surface area contributed by atoms with Crippen molar-refractivity contribution < 1.29 is 4.42 Å². The molecule has 1 nitrogen and oxygen atoms in total. The lowest BCUT2D eigenvalue weighted by molar-refractivity contribution is 0.615. The Morgan fingerprint density at radius 1 is 1.40 bits per heavy atom. The summed E-state index contributed by atoms with van der Waals surface area (Å²) in [6.45, 7) is 0. The number of halogens is 1. The average Bonchev–Trinajstić information content (AvgIpc) is 2.36. The van der Waals surface area contributed by atoms with Crippen molar-refractivity contribution in [2.45, 2.75) is 0 Å². The molecular weight excluding hydrogens is 148 g/mol. The highest BCUT2D eigenvalue weighted by Crippen LogP contribution is 2.22. The third kappa shape index (κ3) is 0.711. The van der Waals surface area contributed by atoms with Gasteiger partial charge in [0.15, 0.2) is 0 Å². The molecule has 2 aromatic rings. The largest absolute Gasteiger partial charge is 0.464 e. The van der Waals surface area contributed by atoms with Crippen molar-refractivity contribution in [2.24, 2.45) is 0 Å². The first-order valence-electron chi connectivity index (χ1n) is 2.91. The van der Waals surface area contributed by atoms with Crippen molar-refractivity contribution in [3.8, 4) is 0 Å². The van der Waals surface area contributed by atoms with Crippen molar-refractivity contribution in [2.75, 3.05) is 0 Å². The second kappa shape index (κ2) is 2.03. The predicted molar refractivity (Wildman–Crippen MR) is 40.1 cm³/mol. The van der Waals surface area contributed by atoms with Gasteiger partial charge in [-0.15, -0.1) is 0 Å². The number of rotatable bonds is 0. The average molecular weight is 152 g/mol. The fourth-order valence-electron chi connectivity index (χ4n) is 0.889. The second-order valence-electron chi connectivity index (χ2n) is 1.99. The van der Waals surface area contributed by atoms with Gasteiger partial charge < -0.3 is 4.42 Å². The van der Waals surface area contributed by atoms with E-state index in [2.05, 4.69) is 6.07 Å². The lowest BCUT2D eigenvalue weighted by Crippen LogP contribution is -1.64. The molecule has 0 unspecified atom stereocenters. The van der Waals surface area contributed by atoms with E-state index in [0.717, 1.165) is 5.39 Å². The molecule has 0 spiro atoms. The monoisotopic (exact) mass is 151 g/mol. The summed E-state index contributed by atoms with van der Waals surface area (Å²) in [5.74, 6) is 0. The van der Waals surface area contributed by atoms with E-state index in [4.69, 9.17) is 16.0 Å². The maximum absolute atomic E-state index is 5.82. The number of benzene rings is 1. The maximum atomic E-state index is 5.82. The molecule has 0 atom stereocenters. The molecule has 0 amide bonds. The molecule has 0 aliphatic heterocycles. The summed E-state index contributed by atoms with van der Waals surface area (Å²) < 4.78 is 5.06. The van der Waals surface area contributed by atoms with Gasteiger partial charge in [-0.3, -0.25) is 0 Å². The fourth-order valence-corrected chi connectivity index (χ4v) is 1.10. The van der Waals surface area contributed by atoms with Crippen LogP contribution in [0.2, 0.25) is 5.02 Å². The first-order chi connectivity index (χ1) is 4.88. The summed E-state index contributed by atoms with van der Waals surface area (Å²) >= 11 is 5.82. The van der Waals surface area contributed by atoms with Crippen molar-refractivity contribution in [1.29, 1.82) is 0 Å².